The van der Waals surface area contributed by atoms with Crippen LogP contribution in [0.2, 0.25) is 0 Å². The molecule has 0 amide bonds. The third-order valence-electron chi connectivity index (χ3n) is 3.31. The summed E-state index contributed by atoms with van der Waals surface area (Å²) in [6, 6.07) is 12.8. The lowest BCUT2D eigenvalue weighted by Crippen LogP contribution is -1.98. The lowest BCUT2D eigenvalue weighted by atomic mass is 9.99. The Labute approximate surface area is 115 Å². The predicted molar refractivity (Wildman–Crippen MR) is 81.3 cm³/mol. The number of methoxy groups -OCH3 is 1. The fourth-order valence-electron chi connectivity index (χ4n) is 2.52. The second-order valence-electron chi connectivity index (χ2n) is 4.90. The molecule has 0 aliphatic rings. The quantitative estimate of drug-likeness (QED) is 0.893. The number of hydrogen-bond acceptors (Lipinski definition) is 2. The van der Waals surface area contributed by atoms with Crippen molar-refractivity contribution in [2.24, 2.45) is 0 Å². The highest BCUT2D eigenvalue weighted by Gasteiger charge is 2.08. The molecule has 1 N–H and O–H groups in total. The maximum Gasteiger partial charge on any atom is 0.125 e. The van der Waals surface area contributed by atoms with E-state index in [2.05, 4.69) is 55.6 Å². The number of rotatable bonds is 4. The summed E-state index contributed by atoms with van der Waals surface area (Å²) in [5.74, 6) is 1.00. The molecule has 0 spiro atoms. The number of anilines is 1. The summed E-state index contributed by atoms with van der Waals surface area (Å²) in [6.45, 7) is 4.22. The zero-order valence-electron chi connectivity index (χ0n) is 12.1. The minimum absolute atomic E-state index is 0.890. The maximum atomic E-state index is 5.54. The van der Waals surface area contributed by atoms with E-state index in [0.29, 0.717) is 0 Å². The molecule has 0 aliphatic carbocycles. The van der Waals surface area contributed by atoms with Crippen LogP contribution >= 0.6 is 0 Å². The molecule has 2 rings (SSSR count). The molecule has 2 aromatic carbocycles. The van der Waals surface area contributed by atoms with Gasteiger partial charge >= 0.3 is 0 Å². The minimum atomic E-state index is 0.890. The van der Waals surface area contributed by atoms with Gasteiger partial charge in [0.15, 0.2) is 0 Å². The molecule has 0 radical (unpaired) electrons. The van der Waals surface area contributed by atoms with Crippen molar-refractivity contribution in [3.63, 3.8) is 0 Å². The van der Waals surface area contributed by atoms with Crippen molar-refractivity contribution < 1.29 is 4.74 Å². The van der Waals surface area contributed by atoms with Gasteiger partial charge < -0.3 is 10.1 Å². The lowest BCUT2D eigenvalue weighted by molar-refractivity contribution is 0.407. The van der Waals surface area contributed by atoms with Gasteiger partial charge in [0.1, 0.15) is 5.75 Å². The smallest absolute Gasteiger partial charge is 0.125 e. The van der Waals surface area contributed by atoms with Crippen LogP contribution in [-0.2, 0) is 6.42 Å². The van der Waals surface area contributed by atoms with Gasteiger partial charge in [0.2, 0.25) is 0 Å². The van der Waals surface area contributed by atoms with Crippen molar-refractivity contribution in [1.29, 1.82) is 0 Å². The Morgan fingerprint density at radius 3 is 2.58 bits per heavy atom. The number of hydrogen-bond donors (Lipinski definition) is 1. The van der Waals surface area contributed by atoms with Crippen molar-refractivity contribution in [2.45, 2.75) is 20.3 Å². The van der Waals surface area contributed by atoms with E-state index < -0.39 is 0 Å². The second-order valence-corrected chi connectivity index (χ2v) is 4.90. The van der Waals surface area contributed by atoms with Gasteiger partial charge in [0.05, 0.1) is 7.11 Å². The topological polar surface area (TPSA) is 21.3 Å². The van der Waals surface area contributed by atoms with Crippen molar-refractivity contribution in [2.75, 3.05) is 19.5 Å². The molecule has 0 aliphatic heterocycles. The molecule has 2 aromatic rings. The third kappa shape index (κ3) is 3.08. The van der Waals surface area contributed by atoms with Crippen LogP contribution in [0, 0.1) is 13.8 Å². The van der Waals surface area contributed by atoms with Crippen LogP contribution in [0.4, 0.5) is 5.69 Å². The third-order valence-corrected chi connectivity index (χ3v) is 3.31. The molecule has 0 fully saturated rings. The molecule has 2 heteroatoms. The Morgan fingerprint density at radius 1 is 1.11 bits per heavy atom. The summed E-state index contributed by atoms with van der Waals surface area (Å²) in [4.78, 5) is 0. The van der Waals surface area contributed by atoms with Crippen molar-refractivity contribution in [3.8, 4) is 5.75 Å². The monoisotopic (exact) mass is 255 g/mol. The van der Waals surface area contributed by atoms with Crippen LogP contribution in [0.1, 0.15) is 22.3 Å². The fourth-order valence-corrected chi connectivity index (χ4v) is 2.52. The summed E-state index contributed by atoms with van der Waals surface area (Å²) in [5, 5.41) is 3.17. The van der Waals surface area contributed by atoms with Crippen LogP contribution in [0.25, 0.3) is 0 Å². The number of benzene rings is 2. The van der Waals surface area contributed by atoms with Gasteiger partial charge in [-0.15, -0.1) is 0 Å². The molecule has 0 saturated heterocycles. The minimum Gasteiger partial charge on any atom is -0.496 e. The van der Waals surface area contributed by atoms with Gasteiger partial charge in [-0.25, -0.2) is 0 Å². The molecule has 0 bridgehead atoms. The summed E-state index contributed by atoms with van der Waals surface area (Å²) >= 11 is 0. The normalized spacial score (nSPS) is 10.3. The average Bonchev–Trinajstić information content (AvgIpc) is 2.38. The molecule has 100 valence electrons. The predicted octanol–water partition coefficient (Wildman–Crippen LogP) is 3.94. The van der Waals surface area contributed by atoms with Crippen LogP contribution < -0.4 is 10.1 Å². The van der Waals surface area contributed by atoms with E-state index in [1.54, 1.807) is 7.11 Å². The molecule has 19 heavy (non-hydrogen) atoms. The zero-order chi connectivity index (χ0) is 13.8. The first-order valence-electron chi connectivity index (χ1n) is 6.55. The largest absolute Gasteiger partial charge is 0.496 e. The highest BCUT2D eigenvalue weighted by molar-refractivity contribution is 5.49. The average molecular weight is 255 g/mol. The molecule has 0 atom stereocenters. The lowest BCUT2D eigenvalue weighted by Gasteiger charge is -2.13. The van der Waals surface area contributed by atoms with Crippen molar-refractivity contribution in [1.82, 2.24) is 0 Å². The summed E-state index contributed by atoms with van der Waals surface area (Å²) in [6.07, 6.45) is 0.890. The first kappa shape index (κ1) is 13.5. The Bertz CT molecular complexity index is 575. The number of aryl methyl sites for hydroxylation is 2. The van der Waals surface area contributed by atoms with Crippen LogP contribution in [0.15, 0.2) is 36.4 Å². The molecular weight excluding hydrogens is 234 g/mol. The van der Waals surface area contributed by atoms with E-state index in [4.69, 9.17) is 4.74 Å². The first-order valence-corrected chi connectivity index (χ1v) is 6.55. The fraction of sp³-hybridized carbons (Fsp3) is 0.294. The first-order chi connectivity index (χ1) is 9.13. The molecule has 0 heterocycles. The molecule has 0 aromatic heterocycles. The van der Waals surface area contributed by atoms with E-state index in [-0.39, 0.29) is 0 Å². The van der Waals surface area contributed by atoms with Gasteiger partial charge in [-0.05, 0) is 42.7 Å². The SMILES string of the molecule is CNc1cccc(Cc2cc(C)cc(C)c2OC)c1. The van der Waals surface area contributed by atoms with E-state index in [1.165, 1.54) is 22.3 Å². The molecule has 2 nitrogen and oxygen atoms in total. The maximum absolute atomic E-state index is 5.54. The van der Waals surface area contributed by atoms with Gasteiger partial charge in [-0.3, -0.25) is 0 Å². The summed E-state index contributed by atoms with van der Waals surface area (Å²) < 4.78 is 5.54. The van der Waals surface area contributed by atoms with Crippen molar-refractivity contribution >= 4 is 5.69 Å². The van der Waals surface area contributed by atoms with E-state index in [9.17, 15) is 0 Å². The van der Waals surface area contributed by atoms with E-state index in [0.717, 1.165) is 17.9 Å². The van der Waals surface area contributed by atoms with Gasteiger partial charge in [0.25, 0.3) is 0 Å². The van der Waals surface area contributed by atoms with Crippen molar-refractivity contribution in [3.05, 3.63) is 58.7 Å². The Morgan fingerprint density at radius 2 is 1.89 bits per heavy atom. The Kier molecular flexibility index (Phi) is 4.10. The molecule has 0 unspecified atom stereocenters. The Balaban J connectivity index is 2.36. The van der Waals surface area contributed by atoms with E-state index >= 15 is 0 Å². The molecule has 0 saturated carbocycles. The summed E-state index contributed by atoms with van der Waals surface area (Å²) in [5.41, 5.74) is 6.14. The van der Waals surface area contributed by atoms with E-state index in [1.807, 2.05) is 7.05 Å². The zero-order valence-corrected chi connectivity index (χ0v) is 12.1. The Hall–Kier alpha value is -1.96. The van der Waals surface area contributed by atoms with Crippen LogP contribution in [-0.4, -0.2) is 14.2 Å². The number of ether oxygens (including phenoxy) is 1. The highest BCUT2D eigenvalue weighted by atomic mass is 16.5. The molecular formula is C17H21NO. The standard InChI is InChI=1S/C17H21NO/c1-12-8-13(2)17(19-4)15(9-12)10-14-6-5-7-16(11-14)18-3/h5-9,11,18H,10H2,1-4H3. The van der Waals surface area contributed by atoms with Gasteiger partial charge in [-0.2, -0.15) is 0 Å². The van der Waals surface area contributed by atoms with Crippen LogP contribution in [0.3, 0.4) is 0 Å². The highest BCUT2D eigenvalue weighted by Crippen LogP contribution is 2.27. The summed E-state index contributed by atoms with van der Waals surface area (Å²) in [7, 11) is 3.68. The number of nitrogens with one attached hydrogen (secondary N) is 1. The second kappa shape index (κ2) is 5.79. The van der Waals surface area contributed by atoms with Gasteiger partial charge in [-0.1, -0.05) is 29.8 Å². The van der Waals surface area contributed by atoms with Gasteiger partial charge in [0, 0.05) is 19.2 Å². The van der Waals surface area contributed by atoms with Crippen LogP contribution in [0.5, 0.6) is 5.75 Å².